The van der Waals surface area contributed by atoms with Crippen molar-refractivity contribution >= 4 is 12.0 Å². The van der Waals surface area contributed by atoms with Crippen molar-refractivity contribution in [1.29, 1.82) is 0 Å². The summed E-state index contributed by atoms with van der Waals surface area (Å²) in [6.45, 7) is 0. The maximum Gasteiger partial charge on any atom is 0.279 e. The molecule has 0 atom stereocenters. The summed E-state index contributed by atoms with van der Waals surface area (Å²) in [5.41, 5.74) is -0.500. The first-order valence-corrected chi connectivity index (χ1v) is 2.86. The second-order valence-electron chi connectivity index (χ2n) is 1.84. The SMILES string of the molecule is [2H]c1cccc([N+](=O)[O-])c1C=O. The molecule has 0 fully saturated rings. The molecule has 0 aliphatic carbocycles. The molecule has 0 N–H and O–H groups in total. The number of aldehydes is 1. The highest BCUT2D eigenvalue weighted by atomic mass is 16.6. The van der Waals surface area contributed by atoms with Crippen molar-refractivity contribution < 1.29 is 11.1 Å². The summed E-state index contributed by atoms with van der Waals surface area (Å²) in [5, 5.41) is 10.3. The largest absolute Gasteiger partial charge is 0.298 e. The van der Waals surface area contributed by atoms with Crippen molar-refractivity contribution in [2.75, 3.05) is 0 Å². The van der Waals surface area contributed by atoms with E-state index in [1.54, 1.807) is 0 Å². The van der Waals surface area contributed by atoms with Crippen LogP contribution in [0.25, 0.3) is 0 Å². The molecule has 1 rings (SSSR count). The molecule has 0 radical (unpaired) electrons. The molecule has 0 spiro atoms. The monoisotopic (exact) mass is 152 g/mol. The Kier molecular flexibility index (Phi) is 1.60. The summed E-state index contributed by atoms with van der Waals surface area (Å²) in [7, 11) is 0. The normalized spacial score (nSPS) is 10.4. The molecule has 11 heavy (non-hydrogen) atoms. The van der Waals surface area contributed by atoms with Gasteiger partial charge in [0.2, 0.25) is 0 Å². The summed E-state index contributed by atoms with van der Waals surface area (Å²) < 4.78 is 7.17. The van der Waals surface area contributed by atoms with Gasteiger partial charge in [0.05, 0.1) is 11.9 Å². The Morgan fingerprint density at radius 2 is 2.36 bits per heavy atom. The predicted molar refractivity (Wildman–Crippen MR) is 38.5 cm³/mol. The van der Waals surface area contributed by atoms with Crippen molar-refractivity contribution in [3.63, 3.8) is 0 Å². The third kappa shape index (κ3) is 1.40. The van der Waals surface area contributed by atoms with E-state index in [0.29, 0.717) is 6.29 Å². The van der Waals surface area contributed by atoms with Gasteiger partial charge in [-0.05, 0) is 6.04 Å². The Morgan fingerprint density at radius 1 is 1.64 bits per heavy atom. The topological polar surface area (TPSA) is 60.2 Å². The van der Waals surface area contributed by atoms with E-state index < -0.39 is 4.92 Å². The van der Waals surface area contributed by atoms with Gasteiger partial charge in [0.15, 0.2) is 6.29 Å². The summed E-state index contributed by atoms with van der Waals surface area (Å²) in [6, 6.07) is 3.77. The summed E-state index contributed by atoms with van der Waals surface area (Å²) in [6.07, 6.45) is 0.320. The first-order chi connectivity index (χ1) is 5.66. The Labute approximate surface area is 64.0 Å². The number of hydrogen-bond acceptors (Lipinski definition) is 3. The zero-order chi connectivity index (χ0) is 9.14. The second kappa shape index (κ2) is 2.92. The van der Waals surface area contributed by atoms with Crippen molar-refractivity contribution in [1.82, 2.24) is 0 Å². The molecular formula is C7H5NO3. The number of hydrogen-bond donors (Lipinski definition) is 0. The maximum atomic E-state index is 10.3. The lowest BCUT2D eigenvalue weighted by Gasteiger charge is -1.91. The minimum Gasteiger partial charge on any atom is -0.298 e. The van der Waals surface area contributed by atoms with Gasteiger partial charge in [-0.1, -0.05) is 12.1 Å². The number of rotatable bonds is 2. The number of carbonyl (C=O) groups excluding carboxylic acids is 1. The number of nitro groups is 1. The van der Waals surface area contributed by atoms with Crippen LogP contribution in [0.1, 0.15) is 11.7 Å². The predicted octanol–water partition coefficient (Wildman–Crippen LogP) is 1.41. The molecule has 1 aromatic carbocycles. The number of benzene rings is 1. The van der Waals surface area contributed by atoms with E-state index in [1.165, 1.54) is 18.2 Å². The zero-order valence-corrected chi connectivity index (χ0v) is 5.48. The molecule has 1 aromatic rings. The minimum atomic E-state index is -0.679. The highest BCUT2D eigenvalue weighted by Crippen LogP contribution is 2.14. The average Bonchev–Trinajstić information content (AvgIpc) is 2.03. The first kappa shape index (κ1) is 6.03. The Balaban J connectivity index is 3.37. The van der Waals surface area contributed by atoms with Gasteiger partial charge in [0, 0.05) is 6.07 Å². The van der Waals surface area contributed by atoms with Gasteiger partial charge in [-0.2, -0.15) is 0 Å². The van der Waals surface area contributed by atoms with Crippen LogP contribution in [-0.4, -0.2) is 11.2 Å². The van der Waals surface area contributed by atoms with E-state index in [1.807, 2.05) is 0 Å². The number of nitrogens with zero attached hydrogens (tertiary/aromatic N) is 1. The number of para-hydroxylation sites is 1. The molecule has 56 valence electrons. The van der Waals surface area contributed by atoms with Crippen LogP contribution in [0.15, 0.2) is 24.2 Å². The summed E-state index contributed by atoms with van der Waals surface area (Å²) in [4.78, 5) is 19.9. The third-order valence-electron chi connectivity index (χ3n) is 1.18. The molecule has 0 amide bonds. The lowest BCUT2D eigenvalue weighted by atomic mass is 10.2. The molecule has 0 saturated carbocycles. The van der Waals surface area contributed by atoms with E-state index >= 15 is 0 Å². The smallest absolute Gasteiger partial charge is 0.279 e. The molecule has 0 unspecified atom stereocenters. The summed E-state index contributed by atoms with van der Waals surface area (Å²) >= 11 is 0. The van der Waals surface area contributed by atoms with Gasteiger partial charge in [-0.3, -0.25) is 14.9 Å². The van der Waals surface area contributed by atoms with Crippen molar-refractivity contribution in [2.45, 2.75) is 0 Å². The van der Waals surface area contributed by atoms with E-state index in [0.717, 1.165) is 0 Å². The third-order valence-corrected chi connectivity index (χ3v) is 1.18. The van der Waals surface area contributed by atoms with Gasteiger partial charge >= 0.3 is 0 Å². The van der Waals surface area contributed by atoms with E-state index in [2.05, 4.69) is 0 Å². The highest BCUT2D eigenvalue weighted by molar-refractivity contribution is 5.81. The molecular weight excluding hydrogens is 146 g/mol. The standard InChI is InChI=1S/C7H5NO3/c9-5-6-3-1-2-4-7(6)8(10)11/h1-5H/i3D. The Morgan fingerprint density at radius 3 is 2.82 bits per heavy atom. The average molecular weight is 152 g/mol. The van der Waals surface area contributed by atoms with E-state index in [-0.39, 0.29) is 17.3 Å². The van der Waals surface area contributed by atoms with Crippen LogP contribution in [0.2, 0.25) is 0 Å². The van der Waals surface area contributed by atoms with Crippen LogP contribution in [0.4, 0.5) is 5.69 Å². The molecule has 4 heteroatoms. The van der Waals surface area contributed by atoms with Crippen LogP contribution in [0.5, 0.6) is 0 Å². The fourth-order valence-corrected chi connectivity index (χ4v) is 0.694. The Bertz CT molecular complexity index is 337. The molecule has 0 aliphatic heterocycles. The second-order valence-corrected chi connectivity index (χ2v) is 1.84. The van der Waals surface area contributed by atoms with Gasteiger partial charge in [0.25, 0.3) is 5.69 Å². The minimum absolute atomic E-state index is 0.126. The quantitative estimate of drug-likeness (QED) is 0.365. The fraction of sp³-hybridized carbons (Fsp3) is 0. The number of nitro benzene ring substituents is 1. The Hall–Kier alpha value is -1.71. The van der Waals surface area contributed by atoms with Crippen LogP contribution in [-0.2, 0) is 0 Å². The van der Waals surface area contributed by atoms with E-state index in [9.17, 15) is 14.9 Å². The van der Waals surface area contributed by atoms with Gasteiger partial charge in [0.1, 0.15) is 0 Å². The van der Waals surface area contributed by atoms with Crippen molar-refractivity contribution in [3.05, 3.63) is 39.9 Å². The van der Waals surface area contributed by atoms with Crippen LogP contribution >= 0.6 is 0 Å². The van der Waals surface area contributed by atoms with Crippen LogP contribution in [0.3, 0.4) is 0 Å². The van der Waals surface area contributed by atoms with Gasteiger partial charge in [-0.25, -0.2) is 0 Å². The van der Waals surface area contributed by atoms with Crippen molar-refractivity contribution in [3.8, 4) is 0 Å². The zero-order valence-electron chi connectivity index (χ0n) is 6.48. The number of carbonyl (C=O) groups is 1. The molecule has 0 aliphatic rings. The van der Waals surface area contributed by atoms with Gasteiger partial charge in [-0.15, -0.1) is 0 Å². The van der Waals surface area contributed by atoms with Gasteiger partial charge < -0.3 is 0 Å². The van der Waals surface area contributed by atoms with Crippen LogP contribution in [0, 0.1) is 10.1 Å². The molecule has 0 bridgehead atoms. The molecule has 0 aromatic heterocycles. The lowest BCUT2D eigenvalue weighted by Crippen LogP contribution is -1.92. The first-order valence-electron chi connectivity index (χ1n) is 3.36. The fourth-order valence-electron chi connectivity index (χ4n) is 0.694. The summed E-state index contributed by atoms with van der Waals surface area (Å²) in [5.74, 6) is 0. The molecule has 0 saturated heterocycles. The van der Waals surface area contributed by atoms with E-state index in [4.69, 9.17) is 1.37 Å². The maximum absolute atomic E-state index is 10.3. The lowest BCUT2D eigenvalue weighted by molar-refractivity contribution is -0.385. The highest BCUT2D eigenvalue weighted by Gasteiger charge is 2.09. The van der Waals surface area contributed by atoms with Crippen LogP contribution < -0.4 is 0 Å². The van der Waals surface area contributed by atoms with Crippen molar-refractivity contribution in [2.24, 2.45) is 0 Å². The molecule has 0 heterocycles. The molecule has 4 nitrogen and oxygen atoms in total.